The fourth-order valence-electron chi connectivity index (χ4n) is 2.35. The van der Waals surface area contributed by atoms with Crippen molar-refractivity contribution in [2.45, 2.75) is 37.9 Å². The third kappa shape index (κ3) is 1.64. The maximum absolute atomic E-state index is 10.7. The van der Waals surface area contributed by atoms with E-state index in [2.05, 4.69) is 0 Å². The lowest BCUT2D eigenvalue weighted by atomic mass is 9.86. The molecule has 0 aliphatic carbocycles. The van der Waals surface area contributed by atoms with Crippen molar-refractivity contribution in [3.63, 3.8) is 0 Å². The van der Waals surface area contributed by atoms with Crippen molar-refractivity contribution in [3.8, 4) is 0 Å². The maximum atomic E-state index is 10.7. The Hall–Kier alpha value is -0.610. The highest BCUT2D eigenvalue weighted by molar-refractivity contribution is 5.72. The van der Waals surface area contributed by atoms with Gasteiger partial charge in [0.2, 0.25) is 0 Å². The number of hydrogen-bond acceptors (Lipinski definition) is 3. The first kappa shape index (κ1) is 9.93. The van der Waals surface area contributed by atoms with Crippen molar-refractivity contribution < 1.29 is 19.4 Å². The summed E-state index contributed by atoms with van der Waals surface area (Å²) in [7, 11) is 0. The number of carboxylic acids is 1. The van der Waals surface area contributed by atoms with Crippen molar-refractivity contribution >= 4 is 5.97 Å². The molecule has 4 heteroatoms. The molecular weight excluding hydrogens is 184 g/mol. The molecule has 2 heterocycles. The first-order valence-electron chi connectivity index (χ1n) is 5.10. The second-order valence-electron chi connectivity index (χ2n) is 4.36. The average molecular weight is 200 g/mol. The zero-order valence-electron chi connectivity index (χ0n) is 8.36. The lowest BCUT2D eigenvalue weighted by molar-refractivity contribution is -0.156. The summed E-state index contributed by atoms with van der Waals surface area (Å²) in [5, 5.41) is 8.83. The molecule has 2 fully saturated rings. The predicted octanol–water partition coefficient (Wildman–Crippen LogP) is 1.05. The maximum Gasteiger partial charge on any atom is 0.332 e. The van der Waals surface area contributed by atoms with E-state index in [1.54, 1.807) is 0 Å². The summed E-state index contributed by atoms with van der Waals surface area (Å²) in [5.74, 6) is -0.473. The Morgan fingerprint density at radius 3 is 2.79 bits per heavy atom. The van der Waals surface area contributed by atoms with Crippen molar-refractivity contribution in [3.05, 3.63) is 0 Å². The van der Waals surface area contributed by atoms with E-state index in [1.807, 2.05) is 6.92 Å². The molecule has 4 nitrogen and oxygen atoms in total. The molecule has 2 saturated heterocycles. The van der Waals surface area contributed by atoms with Crippen LogP contribution in [0.25, 0.3) is 0 Å². The molecule has 0 spiro atoms. The number of rotatable bonds is 2. The second kappa shape index (κ2) is 3.51. The Balaban J connectivity index is 2.00. The fraction of sp³-hybridized carbons (Fsp3) is 0.900. The molecule has 2 aliphatic rings. The largest absolute Gasteiger partial charge is 0.479 e. The van der Waals surface area contributed by atoms with Crippen molar-refractivity contribution in [2.24, 2.45) is 5.92 Å². The van der Waals surface area contributed by atoms with Crippen LogP contribution in [0.1, 0.15) is 26.2 Å². The average Bonchev–Trinajstić information content (AvgIpc) is 2.71. The highest BCUT2D eigenvalue weighted by Gasteiger charge is 2.45. The molecule has 0 bridgehead atoms. The minimum Gasteiger partial charge on any atom is -0.479 e. The van der Waals surface area contributed by atoms with Gasteiger partial charge >= 0.3 is 5.97 Å². The SMILES string of the molecule is CC1(C2CCOC2)CCC(C(=O)O)O1. The van der Waals surface area contributed by atoms with Gasteiger partial charge in [0.05, 0.1) is 12.2 Å². The van der Waals surface area contributed by atoms with E-state index in [-0.39, 0.29) is 5.60 Å². The lowest BCUT2D eigenvalue weighted by Crippen LogP contribution is -2.36. The van der Waals surface area contributed by atoms with Crippen LogP contribution >= 0.6 is 0 Å². The molecule has 0 saturated carbocycles. The van der Waals surface area contributed by atoms with Crippen molar-refractivity contribution in [2.75, 3.05) is 13.2 Å². The molecule has 0 aromatic carbocycles. The van der Waals surface area contributed by atoms with E-state index < -0.39 is 12.1 Å². The molecule has 3 atom stereocenters. The molecule has 0 amide bonds. The Labute approximate surface area is 83.2 Å². The second-order valence-corrected chi connectivity index (χ2v) is 4.36. The summed E-state index contributed by atoms with van der Waals surface area (Å²) in [6.45, 7) is 3.50. The van der Waals surface area contributed by atoms with Gasteiger partial charge in [0.1, 0.15) is 0 Å². The van der Waals surface area contributed by atoms with Crippen LogP contribution in [0.2, 0.25) is 0 Å². The van der Waals surface area contributed by atoms with Gasteiger partial charge in [-0.1, -0.05) is 0 Å². The van der Waals surface area contributed by atoms with Gasteiger partial charge in [0, 0.05) is 12.5 Å². The van der Waals surface area contributed by atoms with Crippen LogP contribution in [0.15, 0.2) is 0 Å². The predicted molar refractivity (Wildman–Crippen MR) is 49.1 cm³/mol. The molecule has 2 rings (SSSR count). The number of carbonyl (C=O) groups is 1. The van der Waals surface area contributed by atoms with Crippen molar-refractivity contribution in [1.82, 2.24) is 0 Å². The van der Waals surface area contributed by atoms with E-state index in [4.69, 9.17) is 14.6 Å². The van der Waals surface area contributed by atoms with Gasteiger partial charge < -0.3 is 14.6 Å². The van der Waals surface area contributed by atoms with Crippen LogP contribution in [-0.2, 0) is 14.3 Å². The van der Waals surface area contributed by atoms with E-state index >= 15 is 0 Å². The first-order valence-corrected chi connectivity index (χ1v) is 5.10. The molecule has 0 aromatic rings. The molecule has 14 heavy (non-hydrogen) atoms. The van der Waals surface area contributed by atoms with Crippen molar-refractivity contribution in [1.29, 1.82) is 0 Å². The van der Waals surface area contributed by atoms with Crippen LogP contribution in [0.4, 0.5) is 0 Å². The third-order valence-electron chi connectivity index (χ3n) is 3.38. The number of ether oxygens (including phenoxy) is 2. The van der Waals surface area contributed by atoms with E-state index in [0.717, 1.165) is 19.4 Å². The van der Waals surface area contributed by atoms with Gasteiger partial charge in [-0.15, -0.1) is 0 Å². The van der Waals surface area contributed by atoms with Gasteiger partial charge in [-0.3, -0.25) is 0 Å². The van der Waals surface area contributed by atoms with E-state index in [0.29, 0.717) is 18.9 Å². The third-order valence-corrected chi connectivity index (χ3v) is 3.38. The first-order chi connectivity index (χ1) is 6.62. The molecule has 80 valence electrons. The quantitative estimate of drug-likeness (QED) is 0.723. The zero-order valence-corrected chi connectivity index (χ0v) is 8.36. The van der Waals surface area contributed by atoms with Gasteiger partial charge in [-0.25, -0.2) is 4.79 Å². The minimum absolute atomic E-state index is 0.278. The molecule has 0 aromatic heterocycles. The van der Waals surface area contributed by atoms with Crippen LogP contribution in [0.5, 0.6) is 0 Å². The van der Waals surface area contributed by atoms with Gasteiger partial charge in [0.15, 0.2) is 6.10 Å². The van der Waals surface area contributed by atoms with Gasteiger partial charge in [-0.2, -0.15) is 0 Å². The van der Waals surface area contributed by atoms with Crippen LogP contribution in [-0.4, -0.2) is 36.0 Å². The van der Waals surface area contributed by atoms with E-state index in [9.17, 15) is 4.79 Å². The summed E-state index contributed by atoms with van der Waals surface area (Å²) in [6, 6.07) is 0. The molecule has 0 radical (unpaired) electrons. The standard InChI is InChI=1S/C10H16O4/c1-10(7-3-5-13-6-7)4-2-8(14-10)9(11)12/h7-8H,2-6H2,1H3,(H,11,12). The molecule has 2 aliphatic heterocycles. The smallest absolute Gasteiger partial charge is 0.332 e. The topological polar surface area (TPSA) is 55.8 Å². The number of carboxylic acid groups (broad SMARTS) is 1. The Morgan fingerprint density at radius 2 is 2.29 bits per heavy atom. The Bertz CT molecular complexity index is 234. The summed E-state index contributed by atoms with van der Waals surface area (Å²) in [6.07, 6.45) is 1.84. The van der Waals surface area contributed by atoms with Crippen LogP contribution < -0.4 is 0 Å². The summed E-state index contributed by atoms with van der Waals surface area (Å²) >= 11 is 0. The Morgan fingerprint density at radius 1 is 1.50 bits per heavy atom. The van der Waals surface area contributed by atoms with Gasteiger partial charge in [0.25, 0.3) is 0 Å². The fourth-order valence-corrected chi connectivity index (χ4v) is 2.35. The highest BCUT2D eigenvalue weighted by Crippen LogP contribution is 2.39. The van der Waals surface area contributed by atoms with E-state index in [1.165, 1.54) is 0 Å². The zero-order chi connectivity index (χ0) is 10.2. The molecular formula is C10H16O4. The number of aliphatic carboxylic acids is 1. The monoisotopic (exact) mass is 200 g/mol. The number of hydrogen-bond donors (Lipinski definition) is 1. The summed E-state index contributed by atoms with van der Waals surface area (Å²) < 4.78 is 10.9. The summed E-state index contributed by atoms with van der Waals surface area (Å²) in [5.41, 5.74) is -0.278. The summed E-state index contributed by atoms with van der Waals surface area (Å²) in [4.78, 5) is 10.7. The molecule has 3 unspecified atom stereocenters. The highest BCUT2D eigenvalue weighted by atomic mass is 16.5. The lowest BCUT2D eigenvalue weighted by Gasteiger charge is -2.29. The van der Waals surface area contributed by atoms with Gasteiger partial charge in [-0.05, 0) is 26.2 Å². The van der Waals surface area contributed by atoms with Crippen LogP contribution in [0.3, 0.4) is 0 Å². The normalized spacial score (nSPS) is 42.9. The Kier molecular flexibility index (Phi) is 2.49. The molecule has 1 N–H and O–H groups in total. The minimum atomic E-state index is -0.840. The van der Waals surface area contributed by atoms with Crippen LogP contribution in [0, 0.1) is 5.92 Å².